The summed E-state index contributed by atoms with van der Waals surface area (Å²) < 4.78 is 1.91. The van der Waals surface area contributed by atoms with Gasteiger partial charge < -0.3 is 16.0 Å². The fourth-order valence-electron chi connectivity index (χ4n) is 3.29. The minimum Gasteiger partial charge on any atom is -0.365 e. The Kier molecular flexibility index (Phi) is 5.56. The Bertz CT molecular complexity index is 752. The number of hydrogen-bond donors (Lipinski definition) is 2. The number of pyridine rings is 1. The number of nitrogens with one attached hydrogen (secondary N) is 1. The summed E-state index contributed by atoms with van der Waals surface area (Å²) in [6.07, 6.45) is 5.41. The van der Waals surface area contributed by atoms with Gasteiger partial charge in [-0.05, 0) is 50.8 Å². The summed E-state index contributed by atoms with van der Waals surface area (Å²) in [4.78, 5) is 18.2. The van der Waals surface area contributed by atoms with E-state index >= 15 is 0 Å². The van der Waals surface area contributed by atoms with Crippen LogP contribution in [0.5, 0.6) is 0 Å². The Morgan fingerprint density at radius 2 is 2.23 bits per heavy atom. The van der Waals surface area contributed by atoms with Crippen LogP contribution in [0.15, 0.2) is 24.5 Å². The van der Waals surface area contributed by atoms with Crippen LogP contribution in [0.4, 0.5) is 5.82 Å². The Balaban J connectivity index is 1.51. The molecule has 140 valence electrons. The van der Waals surface area contributed by atoms with Crippen LogP contribution in [0.1, 0.15) is 41.9 Å². The molecule has 0 unspecified atom stereocenters. The molecule has 3 heterocycles. The largest absolute Gasteiger partial charge is 0.365 e. The second-order valence-electron chi connectivity index (χ2n) is 7.31. The minimum absolute atomic E-state index is 0.391. The first-order chi connectivity index (χ1) is 12.5. The van der Waals surface area contributed by atoms with Crippen molar-refractivity contribution in [1.82, 2.24) is 20.1 Å². The van der Waals surface area contributed by atoms with Crippen molar-refractivity contribution in [3.63, 3.8) is 0 Å². The van der Waals surface area contributed by atoms with E-state index in [-0.39, 0.29) is 0 Å². The molecule has 0 aliphatic carbocycles. The molecule has 3 rings (SSSR count). The molecule has 1 atom stereocenters. The van der Waals surface area contributed by atoms with Gasteiger partial charge in [0.25, 0.3) is 5.91 Å². The first kappa shape index (κ1) is 18.4. The second kappa shape index (κ2) is 7.86. The number of aromatic nitrogens is 3. The number of rotatable bonds is 7. The molecule has 3 N–H and O–H groups in total. The number of carbonyl (C=O) groups excluding carboxylic acids is 1. The van der Waals surface area contributed by atoms with Gasteiger partial charge in [0.15, 0.2) is 0 Å². The van der Waals surface area contributed by atoms with Crippen molar-refractivity contribution in [3.05, 3.63) is 41.3 Å². The second-order valence-corrected chi connectivity index (χ2v) is 7.31. The highest BCUT2D eigenvalue weighted by atomic mass is 16.1. The Hall–Kier alpha value is -2.41. The standard InChI is InChI=1S/C19H28N6O/c1-13(2)24(3)18-5-4-15(11-22-18)10-21-9-14-6-7-25-17(8-14)16(12-23-25)19(20)26/h4-5,11-14,21H,6-10H2,1-3H3,(H2,20,26)/t14-/m0/s1. The van der Waals surface area contributed by atoms with E-state index in [4.69, 9.17) is 5.73 Å². The van der Waals surface area contributed by atoms with Crippen LogP contribution in [0, 0.1) is 5.92 Å². The van der Waals surface area contributed by atoms with E-state index in [1.807, 2.05) is 10.9 Å². The maximum Gasteiger partial charge on any atom is 0.252 e. The molecular formula is C19H28N6O. The van der Waals surface area contributed by atoms with Crippen LogP contribution in [0.2, 0.25) is 0 Å². The predicted molar refractivity (Wildman–Crippen MR) is 102 cm³/mol. The Morgan fingerprint density at radius 3 is 2.88 bits per heavy atom. The lowest BCUT2D eigenvalue weighted by molar-refractivity contribution is 0.0998. The van der Waals surface area contributed by atoms with Gasteiger partial charge in [0, 0.05) is 32.4 Å². The number of nitrogens with two attached hydrogens (primary N) is 1. The maximum absolute atomic E-state index is 11.5. The van der Waals surface area contributed by atoms with E-state index in [1.54, 1.807) is 6.20 Å². The fourth-order valence-corrected chi connectivity index (χ4v) is 3.29. The van der Waals surface area contributed by atoms with Gasteiger partial charge in [-0.1, -0.05) is 6.07 Å². The van der Waals surface area contributed by atoms with Gasteiger partial charge >= 0.3 is 0 Å². The Morgan fingerprint density at radius 1 is 1.42 bits per heavy atom. The molecule has 0 aromatic carbocycles. The summed E-state index contributed by atoms with van der Waals surface area (Å²) in [5, 5.41) is 7.77. The van der Waals surface area contributed by atoms with Crippen LogP contribution < -0.4 is 16.0 Å². The van der Waals surface area contributed by atoms with Crippen molar-refractivity contribution in [1.29, 1.82) is 0 Å². The quantitative estimate of drug-likeness (QED) is 0.786. The molecule has 0 saturated heterocycles. The zero-order chi connectivity index (χ0) is 18.7. The molecule has 7 heteroatoms. The lowest BCUT2D eigenvalue weighted by Crippen LogP contribution is -2.30. The van der Waals surface area contributed by atoms with Crippen LogP contribution >= 0.6 is 0 Å². The van der Waals surface area contributed by atoms with E-state index in [2.05, 4.69) is 53.3 Å². The summed E-state index contributed by atoms with van der Waals surface area (Å²) in [7, 11) is 2.05. The van der Waals surface area contributed by atoms with Gasteiger partial charge in [-0.15, -0.1) is 0 Å². The van der Waals surface area contributed by atoms with Crippen molar-refractivity contribution in [2.45, 2.75) is 45.8 Å². The number of carbonyl (C=O) groups is 1. The lowest BCUT2D eigenvalue weighted by atomic mass is 9.94. The third kappa shape index (κ3) is 4.04. The number of anilines is 1. The number of aryl methyl sites for hydroxylation is 1. The molecule has 26 heavy (non-hydrogen) atoms. The van der Waals surface area contributed by atoms with Crippen molar-refractivity contribution >= 4 is 11.7 Å². The minimum atomic E-state index is -0.391. The normalized spacial score (nSPS) is 16.5. The van der Waals surface area contributed by atoms with E-state index in [9.17, 15) is 4.79 Å². The van der Waals surface area contributed by atoms with Gasteiger partial charge in [0.05, 0.1) is 17.5 Å². The fraction of sp³-hybridized carbons (Fsp3) is 0.526. The lowest BCUT2D eigenvalue weighted by Gasteiger charge is -2.24. The molecule has 0 fully saturated rings. The summed E-state index contributed by atoms with van der Waals surface area (Å²) >= 11 is 0. The number of nitrogens with zero attached hydrogens (tertiary/aromatic N) is 4. The van der Waals surface area contributed by atoms with Gasteiger partial charge in [0.1, 0.15) is 5.82 Å². The average molecular weight is 356 g/mol. The topological polar surface area (TPSA) is 89.1 Å². The van der Waals surface area contributed by atoms with E-state index < -0.39 is 5.91 Å². The van der Waals surface area contributed by atoms with E-state index in [1.165, 1.54) is 5.56 Å². The van der Waals surface area contributed by atoms with Crippen LogP contribution in [0.3, 0.4) is 0 Å². The van der Waals surface area contributed by atoms with Gasteiger partial charge in [-0.3, -0.25) is 9.48 Å². The SMILES string of the molecule is CC(C)N(C)c1ccc(CNC[C@H]2CCn3ncc(C(N)=O)c3C2)cn1. The first-order valence-corrected chi connectivity index (χ1v) is 9.18. The molecule has 1 aliphatic heterocycles. The molecule has 1 amide bonds. The maximum atomic E-state index is 11.5. The monoisotopic (exact) mass is 356 g/mol. The van der Waals surface area contributed by atoms with Crippen LogP contribution in [-0.4, -0.2) is 40.3 Å². The summed E-state index contributed by atoms with van der Waals surface area (Å²) in [5.74, 6) is 1.08. The Labute approximate surface area is 154 Å². The summed E-state index contributed by atoms with van der Waals surface area (Å²) in [6, 6.07) is 4.61. The number of hydrogen-bond acceptors (Lipinski definition) is 5. The average Bonchev–Trinajstić information content (AvgIpc) is 3.05. The highest BCUT2D eigenvalue weighted by Crippen LogP contribution is 2.22. The van der Waals surface area contributed by atoms with Crippen molar-refractivity contribution in [2.75, 3.05) is 18.5 Å². The molecule has 0 radical (unpaired) electrons. The number of amides is 1. The van der Waals surface area contributed by atoms with Gasteiger partial charge in [-0.2, -0.15) is 5.10 Å². The molecule has 7 nitrogen and oxygen atoms in total. The number of fused-ring (bicyclic) bond motifs is 1. The molecule has 0 saturated carbocycles. The van der Waals surface area contributed by atoms with Crippen molar-refractivity contribution in [3.8, 4) is 0 Å². The summed E-state index contributed by atoms with van der Waals surface area (Å²) in [5.41, 5.74) is 8.14. The summed E-state index contributed by atoms with van der Waals surface area (Å²) in [6.45, 7) is 6.83. The van der Waals surface area contributed by atoms with E-state index in [0.717, 1.165) is 44.0 Å². The number of primary amides is 1. The molecule has 0 bridgehead atoms. The van der Waals surface area contributed by atoms with Crippen molar-refractivity contribution < 1.29 is 4.79 Å². The molecule has 0 spiro atoms. The highest BCUT2D eigenvalue weighted by molar-refractivity contribution is 5.93. The molecule has 2 aromatic rings. The van der Waals surface area contributed by atoms with E-state index in [0.29, 0.717) is 17.5 Å². The third-order valence-electron chi connectivity index (χ3n) is 5.15. The highest BCUT2D eigenvalue weighted by Gasteiger charge is 2.24. The van der Waals surface area contributed by atoms with Crippen LogP contribution in [0.25, 0.3) is 0 Å². The molecular weight excluding hydrogens is 328 g/mol. The third-order valence-corrected chi connectivity index (χ3v) is 5.15. The van der Waals surface area contributed by atoms with Gasteiger partial charge in [0.2, 0.25) is 0 Å². The van der Waals surface area contributed by atoms with Crippen LogP contribution in [-0.2, 0) is 19.5 Å². The smallest absolute Gasteiger partial charge is 0.252 e. The zero-order valence-corrected chi connectivity index (χ0v) is 15.8. The molecule has 1 aliphatic rings. The first-order valence-electron chi connectivity index (χ1n) is 9.18. The zero-order valence-electron chi connectivity index (χ0n) is 15.8. The molecule has 2 aromatic heterocycles. The van der Waals surface area contributed by atoms with Gasteiger partial charge in [-0.25, -0.2) is 4.98 Å². The van der Waals surface area contributed by atoms with Crippen molar-refractivity contribution in [2.24, 2.45) is 11.7 Å². The predicted octanol–water partition coefficient (Wildman–Crippen LogP) is 1.57.